The summed E-state index contributed by atoms with van der Waals surface area (Å²) in [6.45, 7) is 2.39. The fraction of sp³-hybridized carbons (Fsp3) is 0.250. The lowest BCUT2D eigenvalue weighted by molar-refractivity contribution is 0.0758. The van der Waals surface area contributed by atoms with Gasteiger partial charge in [0.25, 0.3) is 5.91 Å². The number of imidazole rings is 1. The van der Waals surface area contributed by atoms with Gasteiger partial charge in [-0.1, -0.05) is 84.9 Å². The number of fused-ring (bicyclic) bond motifs is 1. The number of aromatic nitrogens is 2. The van der Waals surface area contributed by atoms with E-state index in [2.05, 4.69) is 41.0 Å². The zero-order chi connectivity index (χ0) is 30.0. The summed E-state index contributed by atoms with van der Waals surface area (Å²) in [5.74, 6) is 1.06. The lowest BCUT2D eigenvalue weighted by Gasteiger charge is -2.22. The van der Waals surface area contributed by atoms with E-state index in [4.69, 9.17) is 21.9 Å². The van der Waals surface area contributed by atoms with E-state index in [0.717, 1.165) is 66.6 Å². The lowest BCUT2D eigenvalue weighted by atomic mass is 10.1. The van der Waals surface area contributed by atoms with Crippen molar-refractivity contribution >= 4 is 22.8 Å². The molecule has 220 valence electrons. The van der Waals surface area contributed by atoms with Crippen molar-refractivity contribution in [3.63, 3.8) is 0 Å². The fourth-order valence-corrected chi connectivity index (χ4v) is 5.52. The largest absolute Gasteiger partial charge is 0.384 e. The van der Waals surface area contributed by atoms with Crippen molar-refractivity contribution in [2.24, 2.45) is 11.5 Å². The highest BCUT2D eigenvalue weighted by Gasteiger charge is 2.18. The number of nitrogens with zero attached hydrogens (tertiary/aromatic N) is 3. The standard InChI is InChI=1S/C36H40N6O/c37-22-25-41(23-7-12-27-8-3-1-4-9-27)36(43)31-18-19-33-32(26-31)40-34(42(33)24-21-28-10-5-2-6-11-28)20-15-29-13-16-30(17-14-29)35(38)39/h1-6,8-11,13-14,16-19,26H,7,12,15,20-25,37H2,(H3,38,39). The van der Waals surface area contributed by atoms with E-state index in [1.54, 1.807) is 0 Å². The molecule has 0 atom stereocenters. The Morgan fingerprint density at radius 1 is 0.744 bits per heavy atom. The number of aryl methyl sites for hydroxylation is 5. The Hall–Kier alpha value is -4.75. The summed E-state index contributed by atoms with van der Waals surface area (Å²) in [5, 5.41) is 7.65. The number of carbonyl (C=O) groups excluding carboxylic acids is 1. The number of rotatable bonds is 14. The summed E-state index contributed by atoms with van der Waals surface area (Å²) in [6, 6.07) is 34.5. The van der Waals surface area contributed by atoms with Gasteiger partial charge in [-0.15, -0.1) is 0 Å². The predicted molar refractivity (Wildman–Crippen MR) is 174 cm³/mol. The summed E-state index contributed by atoms with van der Waals surface area (Å²) >= 11 is 0. The van der Waals surface area contributed by atoms with Gasteiger partial charge < -0.3 is 20.9 Å². The van der Waals surface area contributed by atoms with Gasteiger partial charge in [-0.3, -0.25) is 10.2 Å². The molecule has 5 rings (SSSR count). The summed E-state index contributed by atoms with van der Waals surface area (Å²) in [6.07, 6.45) is 4.25. The number of hydrogen-bond acceptors (Lipinski definition) is 4. The van der Waals surface area contributed by atoms with E-state index in [1.165, 1.54) is 11.1 Å². The van der Waals surface area contributed by atoms with E-state index in [-0.39, 0.29) is 11.7 Å². The van der Waals surface area contributed by atoms with Crippen molar-refractivity contribution in [1.29, 1.82) is 5.41 Å². The van der Waals surface area contributed by atoms with E-state index in [0.29, 0.717) is 25.2 Å². The molecule has 1 aromatic heterocycles. The minimum Gasteiger partial charge on any atom is -0.384 e. The molecule has 0 aliphatic heterocycles. The minimum atomic E-state index is -0.00800. The molecule has 0 aliphatic carbocycles. The van der Waals surface area contributed by atoms with Crippen molar-refractivity contribution in [2.45, 2.75) is 38.6 Å². The van der Waals surface area contributed by atoms with Gasteiger partial charge in [-0.05, 0) is 60.6 Å². The van der Waals surface area contributed by atoms with E-state index >= 15 is 0 Å². The normalized spacial score (nSPS) is 11.1. The molecule has 0 spiro atoms. The van der Waals surface area contributed by atoms with Gasteiger partial charge in [0.15, 0.2) is 0 Å². The third-order valence-corrected chi connectivity index (χ3v) is 7.87. The van der Waals surface area contributed by atoms with Gasteiger partial charge in [-0.2, -0.15) is 0 Å². The van der Waals surface area contributed by atoms with Crippen molar-refractivity contribution in [2.75, 3.05) is 19.6 Å². The number of amidine groups is 1. The molecule has 0 saturated heterocycles. The lowest BCUT2D eigenvalue weighted by Crippen LogP contribution is -2.36. The van der Waals surface area contributed by atoms with Crippen LogP contribution in [0.25, 0.3) is 11.0 Å². The Morgan fingerprint density at radius 3 is 2.02 bits per heavy atom. The van der Waals surface area contributed by atoms with Crippen LogP contribution in [0.1, 0.15) is 44.9 Å². The van der Waals surface area contributed by atoms with E-state index in [9.17, 15) is 4.79 Å². The van der Waals surface area contributed by atoms with Crippen LogP contribution >= 0.6 is 0 Å². The molecule has 0 saturated carbocycles. The quantitative estimate of drug-likeness (QED) is 0.122. The molecular formula is C36H40N6O. The molecule has 43 heavy (non-hydrogen) atoms. The van der Waals surface area contributed by atoms with Crippen molar-refractivity contribution in [3.8, 4) is 0 Å². The zero-order valence-corrected chi connectivity index (χ0v) is 24.6. The topological polar surface area (TPSA) is 114 Å². The van der Waals surface area contributed by atoms with Crippen LogP contribution in [-0.4, -0.2) is 45.8 Å². The zero-order valence-electron chi connectivity index (χ0n) is 24.6. The maximum absolute atomic E-state index is 13.6. The van der Waals surface area contributed by atoms with Crippen LogP contribution in [-0.2, 0) is 32.2 Å². The summed E-state index contributed by atoms with van der Waals surface area (Å²) < 4.78 is 2.29. The molecule has 0 unspecified atom stereocenters. The molecule has 1 heterocycles. The smallest absolute Gasteiger partial charge is 0.253 e. The Morgan fingerprint density at radius 2 is 1.37 bits per heavy atom. The number of hydrogen-bond donors (Lipinski definition) is 3. The van der Waals surface area contributed by atoms with Crippen molar-refractivity contribution < 1.29 is 4.79 Å². The molecule has 4 aromatic carbocycles. The Kier molecular flexibility index (Phi) is 9.97. The van der Waals surface area contributed by atoms with Crippen molar-refractivity contribution in [1.82, 2.24) is 14.5 Å². The number of nitrogens with two attached hydrogens (primary N) is 2. The third-order valence-electron chi connectivity index (χ3n) is 7.87. The minimum absolute atomic E-state index is 0.00800. The monoisotopic (exact) mass is 572 g/mol. The second-order valence-corrected chi connectivity index (χ2v) is 10.9. The Bertz CT molecular complexity index is 1640. The maximum atomic E-state index is 13.6. The summed E-state index contributed by atoms with van der Waals surface area (Å²) in [4.78, 5) is 20.5. The van der Waals surface area contributed by atoms with Crippen LogP contribution in [0.3, 0.4) is 0 Å². The van der Waals surface area contributed by atoms with E-state index in [1.807, 2.05) is 71.6 Å². The fourth-order valence-electron chi connectivity index (χ4n) is 5.52. The summed E-state index contributed by atoms with van der Waals surface area (Å²) in [5.41, 5.74) is 18.5. The second-order valence-electron chi connectivity index (χ2n) is 10.9. The first-order valence-electron chi connectivity index (χ1n) is 15.0. The average molecular weight is 573 g/mol. The third kappa shape index (κ3) is 7.76. The number of amides is 1. The van der Waals surface area contributed by atoms with Gasteiger partial charge in [0, 0.05) is 43.7 Å². The first-order chi connectivity index (χ1) is 21.0. The molecule has 7 heteroatoms. The van der Waals surface area contributed by atoms with Gasteiger partial charge in [0.1, 0.15) is 11.7 Å². The first kappa shape index (κ1) is 29.7. The molecule has 0 aliphatic rings. The van der Waals surface area contributed by atoms with Gasteiger partial charge in [0.05, 0.1) is 11.0 Å². The maximum Gasteiger partial charge on any atom is 0.253 e. The van der Waals surface area contributed by atoms with Crippen LogP contribution < -0.4 is 11.5 Å². The Balaban J connectivity index is 1.36. The SMILES string of the molecule is N=C(N)c1ccc(CCc2nc3cc(C(=O)N(CCN)CCCc4ccccc4)ccc3n2CCc2ccccc2)cc1. The predicted octanol–water partition coefficient (Wildman–Crippen LogP) is 5.38. The molecular weight excluding hydrogens is 532 g/mol. The van der Waals surface area contributed by atoms with Crippen LogP contribution in [0.15, 0.2) is 103 Å². The number of carbonyl (C=O) groups is 1. The molecule has 7 nitrogen and oxygen atoms in total. The number of nitrogens with one attached hydrogen (secondary N) is 1. The molecule has 5 aromatic rings. The Labute approximate surface area is 253 Å². The number of nitrogen functional groups attached to an aromatic ring is 1. The average Bonchev–Trinajstić information content (AvgIpc) is 3.39. The van der Waals surface area contributed by atoms with Crippen LogP contribution in [0.4, 0.5) is 0 Å². The molecule has 0 bridgehead atoms. The van der Waals surface area contributed by atoms with Gasteiger partial charge in [-0.25, -0.2) is 4.98 Å². The molecule has 5 N–H and O–H groups in total. The molecule has 0 fully saturated rings. The molecule has 1 amide bonds. The number of benzene rings is 4. The highest BCUT2D eigenvalue weighted by molar-refractivity contribution is 5.97. The van der Waals surface area contributed by atoms with Crippen LogP contribution in [0.5, 0.6) is 0 Å². The van der Waals surface area contributed by atoms with Crippen molar-refractivity contribution in [3.05, 3.63) is 137 Å². The van der Waals surface area contributed by atoms with Gasteiger partial charge in [0.2, 0.25) is 0 Å². The van der Waals surface area contributed by atoms with E-state index < -0.39 is 0 Å². The van der Waals surface area contributed by atoms with Crippen LogP contribution in [0.2, 0.25) is 0 Å². The van der Waals surface area contributed by atoms with Crippen LogP contribution in [0, 0.1) is 5.41 Å². The van der Waals surface area contributed by atoms with Gasteiger partial charge >= 0.3 is 0 Å². The molecule has 0 radical (unpaired) electrons. The second kappa shape index (κ2) is 14.4. The highest BCUT2D eigenvalue weighted by Crippen LogP contribution is 2.22. The summed E-state index contributed by atoms with van der Waals surface area (Å²) in [7, 11) is 0. The first-order valence-corrected chi connectivity index (χ1v) is 15.0. The highest BCUT2D eigenvalue weighted by atomic mass is 16.2.